The number of benzene rings is 1. The van der Waals surface area contributed by atoms with E-state index in [-0.39, 0.29) is 0 Å². The van der Waals surface area contributed by atoms with Gasteiger partial charge in [-0.25, -0.2) is 9.97 Å². The summed E-state index contributed by atoms with van der Waals surface area (Å²) < 4.78 is 5.29. The highest BCUT2D eigenvalue weighted by Gasteiger charge is 2.21. The lowest BCUT2D eigenvalue weighted by Crippen LogP contribution is -2.16. The molecule has 0 saturated carbocycles. The fraction of sp³-hybridized carbons (Fsp3) is 0.111. The molecule has 22 heavy (non-hydrogen) atoms. The Bertz CT molecular complexity index is 809. The number of hydrogen-bond acceptors (Lipinski definition) is 4. The summed E-state index contributed by atoms with van der Waals surface area (Å²) >= 11 is 0. The van der Waals surface area contributed by atoms with Crippen LogP contribution < -0.4 is 4.90 Å². The molecule has 4 rings (SSSR count). The number of para-hydroxylation sites is 1. The van der Waals surface area contributed by atoms with Gasteiger partial charge in [0.05, 0.1) is 12.0 Å². The zero-order chi connectivity index (χ0) is 14.8. The second-order valence-corrected chi connectivity index (χ2v) is 5.16. The van der Waals surface area contributed by atoms with Crippen LogP contribution in [0.2, 0.25) is 0 Å². The molecule has 0 fully saturated rings. The van der Waals surface area contributed by atoms with Gasteiger partial charge in [-0.1, -0.05) is 18.2 Å². The van der Waals surface area contributed by atoms with Gasteiger partial charge in [0.15, 0.2) is 0 Å². The molecule has 3 heterocycles. The Balaban J connectivity index is 1.63. The molecular formula is C18H15N3O. The first kappa shape index (κ1) is 12.8. The third-order valence-corrected chi connectivity index (χ3v) is 3.75. The molecule has 0 aliphatic carbocycles. The predicted octanol–water partition coefficient (Wildman–Crippen LogP) is 3.93. The predicted molar refractivity (Wildman–Crippen MR) is 86.8 cm³/mol. The van der Waals surface area contributed by atoms with Crippen LogP contribution in [0.25, 0.3) is 12.2 Å². The lowest BCUT2D eigenvalue weighted by atomic mass is 10.2. The third-order valence-electron chi connectivity index (χ3n) is 3.75. The molecule has 2 aromatic heterocycles. The Morgan fingerprint density at radius 1 is 1.05 bits per heavy atom. The number of fused-ring (bicyclic) bond motifs is 1. The maximum absolute atomic E-state index is 5.29. The minimum atomic E-state index is 0.742. The van der Waals surface area contributed by atoms with Gasteiger partial charge in [-0.2, -0.15) is 0 Å². The van der Waals surface area contributed by atoms with Crippen molar-refractivity contribution in [2.45, 2.75) is 6.42 Å². The number of aromatic nitrogens is 2. The number of furan rings is 1. The summed E-state index contributed by atoms with van der Waals surface area (Å²) in [5, 5.41) is 0. The average molecular weight is 289 g/mol. The van der Waals surface area contributed by atoms with E-state index < -0.39 is 0 Å². The van der Waals surface area contributed by atoms with E-state index in [4.69, 9.17) is 4.42 Å². The first-order chi connectivity index (χ1) is 10.9. The topological polar surface area (TPSA) is 42.2 Å². The molecule has 108 valence electrons. The zero-order valence-corrected chi connectivity index (χ0v) is 12.0. The quantitative estimate of drug-likeness (QED) is 0.732. The molecular weight excluding hydrogens is 274 g/mol. The van der Waals surface area contributed by atoms with E-state index in [2.05, 4.69) is 39.1 Å². The molecule has 0 unspecified atom stereocenters. The van der Waals surface area contributed by atoms with Crippen molar-refractivity contribution in [3.8, 4) is 0 Å². The van der Waals surface area contributed by atoms with E-state index in [0.717, 1.165) is 30.4 Å². The normalized spacial score (nSPS) is 13.7. The molecule has 0 saturated heterocycles. The SMILES string of the molecule is C(=C\c1ccco1)/c1ccnc(N2CCc3ccccc32)n1. The van der Waals surface area contributed by atoms with Gasteiger partial charge in [-0.3, -0.25) is 0 Å². The Kier molecular flexibility index (Phi) is 3.20. The van der Waals surface area contributed by atoms with Gasteiger partial charge in [0.25, 0.3) is 0 Å². The zero-order valence-electron chi connectivity index (χ0n) is 12.0. The first-order valence-corrected chi connectivity index (χ1v) is 7.30. The molecule has 1 aliphatic heterocycles. The highest BCUT2D eigenvalue weighted by atomic mass is 16.3. The Labute approximate surface area is 128 Å². The lowest BCUT2D eigenvalue weighted by Gasteiger charge is -2.17. The fourth-order valence-electron chi connectivity index (χ4n) is 2.68. The van der Waals surface area contributed by atoms with Crippen molar-refractivity contribution >= 4 is 23.8 Å². The van der Waals surface area contributed by atoms with Gasteiger partial charge < -0.3 is 9.32 Å². The van der Waals surface area contributed by atoms with E-state index in [1.54, 1.807) is 12.5 Å². The van der Waals surface area contributed by atoms with Gasteiger partial charge in [0, 0.05) is 18.4 Å². The van der Waals surface area contributed by atoms with Crippen LogP contribution in [0.15, 0.2) is 59.3 Å². The van der Waals surface area contributed by atoms with Crippen LogP contribution in [0.3, 0.4) is 0 Å². The smallest absolute Gasteiger partial charge is 0.230 e. The van der Waals surface area contributed by atoms with Gasteiger partial charge in [0.1, 0.15) is 5.76 Å². The number of nitrogens with zero attached hydrogens (tertiary/aromatic N) is 3. The molecule has 0 spiro atoms. The van der Waals surface area contributed by atoms with Gasteiger partial charge in [0.2, 0.25) is 5.95 Å². The summed E-state index contributed by atoms with van der Waals surface area (Å²) in [6.45, 7) is 0.921. The van der Waals surface area contributed by atoms with Crippen molar-refractivity contribution < 1.29 is 4.42 Å². The van der Waals surface area contributed by atoms with Crippen molar-refractivity contribution in [2.75, 3.05) is 11.4 Å². The Morgan fingerprint density at radius 2 is 2.00 bits per heavy atom. The van der Waals surface area contributed by atoms with Crippen LogP contribution in [-0.4, -0.2) is 16.5 Å². The Morgan fingerprint density at radius 3 is 2.91 bits per heavy atom. The van der Waals surface area contributed by atoms with Crippen LogP contribution in [0.5, 0.6) is 0 Å². The summed E-state index contributed by atoms with van der Waals surface area (Å²) in [5.74, 6) is 1.55. The fourth-order valence-corrected chi connectivity index (χ4v) is 2.68. The number of anilines is 2. The Hall–Kier alpha value is -2.88. The molecule has 1 aliphatic rings. The number of hydrogen-bond donors (Lipinski definition) is 0. The minimum Gasteiger partial charge on any atom is -0.465 e. The van der Waals surface area contributed by atoms with E-state index in [1.165, 1.54) is 11.3 Å². The second kappa shape index (κ2) is 5.48. The van der Waals surface area contributed by atoms with Crippen molar-refractivity contribution in [2.24, 2.45) is 0 Å². The molecule has 0 atom stereocenters. The van der Waals surface area contributed by atoms with Gasteiger partial charge in [-0.05, 0) is 48.4 Å². The molecule has 0 N–H and O–H groups in total. The van der Waals surface area contributed by atoms with Crippen molar-refractivity contribution in [1.82, 2.24) is 9.97 Å². The molecule has 0 bridgehead atoms. The summed E-state index contributed by atoms with van der Waals surface area (Å²) in [5.41, 5.74) is 3.42. The molecule has 3 aromatic rings. The maximum Gasteiger partial charge on any atom is 0.230 e. The molecule has 4 nitrogen and oxygen atoms in total. The van der Waals surface area contributed by atoms with E-state index in [0.29, 0.717) is 0 Å². The average Bonchev–Trinajstić information content (AvgIpc) is 3.23. The highest BCUT2D eigenvalue weighted by Crippen LogP contribution is 2.32. The van der Waals surface area contributed by atoms with Crippen LogP contribution in [0, 0.1) is 0 Å². The summed E-state index contributed by atoms with van der Waals surface area (Å²) in [6.07, 6.45) is 8.33. The second-order valence-electron chi connectivity index (χ2n) is 5.16. The van der Waals surface area contributed by atoms with Crippen LogP contribution in [0.1, 0.15) is 17.0 Å². The van der Waals surface area contributed by atoms with Gasteiger partial charge >= 0.3 is 0 Å². The summed E-state index contributed by atoms with van der Waals surface area (Å²) in [6, 6.07) is 14.1. The van der Waals surface area contributed by atoms with Crippen LogP contribution in [0.4, 0.5) is 11.6 Å². The van der Waals surface area contributed by atoms with E-state index in [9.17, 15) is 0 Å². The highest BCUT2D eigenvalue weighted by molar-refractivity contribution is 5.68. The summed E-state index contributed by atoms with van der Waals surface area (Å²) in [7, 11) is 0. The molecule has 0 radical (unpaired) electrons. The van der Waals surface area contributed by atoms with Gasteiger partial charge in [-0.15, -0.1) is 0 Å². The van der Waals surface area contributed by atoms with Crippen molar-refractivity contribution in [3.05, 3.63) is 71.9 Å². The molecule has 1 aromatic carbocycles. The van der Waals surface area contributed by atoms with Crippen molar-refractivity contribution in [1.29, 1.82) is 0 Å². The minimum absolute atomic E-state index is 0.742. The number of rotatable bonds is 3. The standard InChI is InChI=1S/C18H15N3O/c1-2-6-17-14(4-1)10-12-21(17)18-19-11-9-15(20-18)7-8-16-5-3-13-22-16/h1-9,11,13H,10,12H2/b8-7+. The third kappa shape index (κ3) is 2.39. The van der Waals surface area contributed by atoms with E-state index >= 15 is 0 Å². The van der Waals surface area contributed by atoms with Crippen LogP contribution in [-0.2, 0) is 6.42 Å². The molecule has 0 amide bonds. The first-order valence-electron chi connectivity index (χ1n) is 7.30. The van der Waals surface area contributed by atoms with Crippen molar-refractivity contribution in [3.63, 3.8) is 0 Å². The monoisotopic (exact) mass is 289 g/mol. The largest absolute Gasteiger partial charge is 0.465 e. The maximum atomic E-state index is 5.29. The lowest BCUT2D eigenvalue weighted by molar-refractivity contribution is 0.557. The summed E-state index contributed by atoms with van der Waals surface area (Å²) in [4.78, 5) is 11.2. The van der Waals surface area contributed by atoms with Crippen LogP contribution >= 0.6 is 0 Å². The molecule has 4 heteroatoms. The van der Waals surface area contributed by atoms with E-state index in [1.807, 2.05) is 30.4 Å².